The Hall–Kier alpha value is -4.01. The number of nitriles is 1. The summed E-state index contributed by atoms with van der Waals surface area (Å²) in [4.78, 5) is 4.44. The second kappa shape index (κ2) is 10.3. The first-order valence-electron chi connectivity index (χ1n) is 10.9. The molecule has 4 rings (SSSR count). The summed E-state index contributed by atoms with van der Waals surface area (Å²) < 4.78 is 12.0. The van der Waals surface area contributed by atoms with Gasteiger partial charge >= 0.3 is 0 Å². The van der Waals surface area contributed by atoms with Crippen molar-refractivity contribution in [2.45, 2.75) is 20.5 Å². The molecule has 0 bridgehead atoms. The maximum absolute atomic E-state index is 9.94. The Labute approximate surface area is 204 Å². The number of nitrogens with zero attached hydrogens (tertiary/aromatic N) is 2. The van der Waals surface area contributed by atoms with Gasteiger partial charge in [0.2, 0.25) is 0 Å². The van der Waals surface area contributed by atoms with Gasteiger partial charge in [-0.3, -0.25) is 0 Å². The molecular formula is C28H24ClN3O2. The van der Waals surface area contributed by atoms with Crippen molar-refractivity contribution in [2.75, 3.05) is 12.3 Å². The number of ether oxygens (including phenoxy) is 2. The number of halogens is 1. The van der Waals surface area contributed by atoms with E-state index in [0.29, 0.717) is 35.3 Å². The maximum atomic E-state index is 9.94. The van der Waals surface area contributed by atoms with Gasteiger partial charge in [-0.25, -0.2) is 4.98 Å². The predicted molar refractivity (Wildman–Crippen MR) is 136 cm³/mol. The Morgan fingerprint density at radius 1 is 0.912 bits per heavy atom. The van der Waals surface area contributed by atoms with Crippen LogP contribution >= 0.6 is 11.6 Å². The zero-order chi connectivity index (χ0) is 24.1. The summed E-state index contributed by atoms with van der Waals surface area (Å²) in [6.45, 7) is 4.66. The Kier molecular flexibility index (Phi) is 7.01. The highest BCUT2D eigenvalue weighted by Gasteiger charge is 2.21. The van der Waals surface area contributed by atoms with Gasteiger partial charge in [0, 0.05) is 21.8 Å². The van der Waals surface area contributed by atoms with Crippen molar-refractivity contribution in [3.05, 3.63) is 94.6 Å². The van der Waals surface area contributed by atoms with Gasteiger partial charge in [-0.15, -0.1) is 0 Å². The predicted octanol–water partition coefficient (Wildman–Crippen LogP) is 6.81. The van der Waals surface area contributed by atoms with Crippen LogP contribution in [0.15, 0.2) is 72.8 Å². The molecule has 0 saturated heterocycles. The summed E-state index contributed by atoms with van der Waals surface area (Å²) in [5.41, 5.74) is 11.6. The van der Waals surface area contributed by atoms with Crippen LogP contribution in [-0.4, -0.2) is 11.6 Å². The molecule has 2 N–H and O–H groups in total. The largest absolute Gasteiger partial charge is 0.490 e. The molecule has 0 aliphatic rings. The van der Waals surface area contributed by atoms with Gasteiger partial charge in [0.25, 0.3) is 0 Å². The maximum Gasteiger partial charge on any atom is 0.161 e. The van der Waals surface area contributed by atoms with Crippen LogP contribution in [-0.2, 0) is 6.61 Å². The summed E-state index contributed by atoms with van der Waals surface area (Å²) in [6.07, 6.45) is 0. The SMILES string of the molecule is CCOc1cc(-c2c(C#N)c(N)nc(C)c2-c2ccccc2)ccc1OCc1ccc(Cl)cc1. The Balaban J connectivity index is 1.81. The quantitative estimate of drug-likeness (QED) is 0.321. The zero-order valence-corrected chi connectivity index (χ0v) is 19.8. The molecule has 0 saturated carbocycles. The fraction of sp³-hybridized carbons (Fsp3) is 0.143. The van der Waals surface area contributed by atoms with Crippen molar-refractivity contribution >= 4 is 17.4 Å². The fourth-order valence-electron chi connectivity index (χ4n) is 3.88. The normalized spacial score (nSPS) is 10.5. The standard InChI is InChI=1S/C28H24ClN3O2/c1-3-33-25-15-21(11-14-24(25)34-17-19-9-12-22(29)13-10-19)27-23(16-30)28(31)32-18(2)26(27)20-7-5-4-6-8-20/h4-15H,3,17H2,1-2H3,(H2,31,32). The number of pyridine rings is 1. The van der Waals surface area contributed by atoms with Crippen LogP contribution in [0.4, 0.5) is 5.82 Å². The van der Waals surface area contributed by atoms with Gasteiger partial charge in [0.1, 0.15) is 24.1 Å². The minimum Gasteiger partial charge on any atom is -0.490 e. The van der Waals surface area contributed by atoms with E-state index in [9.17, 15) is 5.26 Å². The van der Waals surface area contributed by atoms with Gasteiger partial charge in [-0.1, -0.05) is 60.1 Å². The molecule has 0 aliphatic heterocycles. The molecule has 1 heterocycles. The molecule has 0 aliphatic carbocycles. The van der Waals surface area contributed by atoms with E-state index in [1.807, 2.05) is 86.6 Å². The molecule has 170 valence electrons. The minimum absolute atomic E-state index is 0.204. The average Bonchev–Trinajstić information content (AvgIpc) is 2.84. The Morgan fingerprint density at radius 3 is 2.32 bits per heavy atom. The topological polar surface area (TPSA) is 81.2 Å². The highest BCUT2D eigenvalue weighted by Crippen LogP contribution is 2.41. The van der Waals surface area contributed by atoms with Crippen molar-refractivity contribution in [3.63, 3.8) is 0 Å². The lowest BCUT2D eigenvalue weighted by Gasteiger charge is -2.18. The molecule has 4 aromatic rings. The number of hydrogen-bond acceptors (Lipinski definition) is 5. The first-order chi connectivity index (χ1) is 16.5. The molecule has 0 amide bonds. The number of aryl methyl sites for hydroxylation is 1. The Bertz CT molecular complexity index is 1350. The third-order valence-electron chi connectivity index (χ3n) is 5.42. The molecule has 0 atom stereocenters. The number of aromatic nitrogens is 1. The van der Waals surface area contributed by atoms with Crippen LogP contribution in [0.3, 0.4) is 0 Å². The van der Waals surface area contributed by atoms with Crippen LogP contribution in [0.1, 0.15) is 23.7 Å². The summed E-state index contributed by atoms with van der Waals surface area (Å²) in [7, 11) is 0. The van der Waals surface area contributed by atoms with Crippen molar-refractivity contribution in [3.8, 4) is 39.8 Å². The second-order valence-corrected chi connectivity index (χ2v) is 8.13. The van der Waals surface area contributed by atoms with Gasteiger partial charge in [-0.05, 0) is 54.8 Å². The van der Waals surface area contributed by atoms with E-state index in [4.69, 9.17) is 26.8 Å². The third kappa shape index (κ3) is 4.83. The number of rotatable bonds is 7. The molecule has 0 spiro atoms. The van der Waals surface area contributed by atoms with Crippen molar-refractivity contribution in [1.82, 2.24) is 4.98 Å². The van der Waals surface area contributed by atoms with E-state index in [0.717, 1.165) is 33.5 Å². The van der Waals surface area contributed by atoms with Crippen LogP contribution in [0.5, 0.6) is 11.5 Å². The van der Waals surface area contributed by atoms with E-state index in [1.54, 1.807) is 0 Å². The van der Waals surface area contributed by atoms with E-state index < -0.39 is 0 Å². The summed E-state index contributed by atoms with van der Waals surface area (Å²) in [6, 6.07) is 25.3. The molecule has 6 heteroatoms. The van der Waals surface area contributed by atoms with Gasteiger partial charge in [-0.2, -0.15) is 5.26 Å². The Morgan fingerprint density at radius 2 is 1.65 bits per heavy atom. The number of nitrogen functional groups attached to an aromatic ring is 1. The molecule has 0 fully saturated rings. The minimum atomic E-state index is 0.204. The lowest BCUT2D eigenvalue weighted by molar-refractivity contribution is 0.269. The van der Waals surface area contributed by atoms with Gasteiger partial charge in [0.15, 0.2) is 11.5 Å². The number of nitrogens with two attached hydrogens (primary N) is 1. The van der Waals surface area contributed by atoms with E-state index in [-0.39, 0.29) is 5.82 Å². The lowest BCUT2D eigenvalue weighted by atomic mass is 9.90. The highest BCUT2D eigenvalue weighted by atomic mass is 35.5. The smallest absolute Gasteiger partial charge is 0.161 e. The molecule has 5 nitrogen and oxygen atoms in total. The zero-order valence-electron chi connectivity index (χ0n) is 19.0. The molecule has 34 heavy (non-hydrogen) atoms. The van der Waals surface area contributed by atoms with Crippen LogP contribution in [0.25, 0.3) is 22.3 Å². The molecular weight excluding hydrogens is 446 g/mol. The van der Waals surface area contributed by atoms with Crippen molar-refractivity contribution < 1.29 is 9.47 Å². The van der Waals surface area contributed by atoms with Crippen molar-refractivity contribution in [1.29, 1.82) is 5.26 Å². The summed E-state index contributed by atoms with van der Waals surface area (Å²) >= 11 is 5.98. The highest BCUT2D eigenvalue weighted by molar-refractivity contribution is 6.30. The summed E-state index contributed by atoms with van der Waals surface area (Å²) in [5.74, 6) is 1.40. The fourth-order valence-corrected chi connectivity index (χ4v) is 4.01. The van der Waals surface area contributed by atoms with Gasteiger partial charge < -0.3 is 15.2 Å². The van der Waals surface area contributed by atoms with E-state index >= 15 is 0 Å². The van der Waals surface area contributed by atoms with E-state index in [1.165, 1.54) is 0 Å². The number of benzene rings is 3. The van der Waals surface area contributed by atoms with Crippen LogP contribution in [0, 0.1) is 18.3 Å². The second-order valence-electron chi connectivity index (χ2n) is 7.69. The van der Waals surface area contributed by atoms with Crippen LogP contribution < -0.4 is 15.2 Å². The monoisotopic (exact) mass is 469 g/mol. The first-order valence-corrected chi connectivity index (χ1v) is 11.3. The average molecular weight is 470 g/mol. The van der Waals surface area contributed by atoms with Crippen LogP contribution in [0.2, 0.25) is 5.02 Å². The van der Waals surface area contributed by atoms with Gasteiger partial charge in [0.05, 0.1) is 6.61 Å². The van der Waals surface area contributed by atoms with Crippen molar-refractivity contribution in [2.24, 2.45) is 0 Å². The number of anilines is 1. The molecule has 3 aromatic carbocycles. The molecule has 0 unspecified atom stereocenters. The first kappa shape index (κ1) is 23.2. The molecule has 0 radical (unpaired) electrons. The third-order valence-corrected chi connectivity index (χ3v) is 5.67. The summed E-state index contributed by atoms with van der Waals surface area (Å²) in [5, 5.41) is 10.6. The number of hydrogen-bond donors (Lipinski definition) is 1. The van der Waals surface area contributed by atoms with E-state index in [2.05, 4.69) is 11.1 Å². The lowest BCUT2D eigenvalue weighted by Crippen LogP contribution is -2.04. The molecule has 1 aromatic heterocycles.